The number of hydrogen-bond donors (Lipinski definition) is 0. The Bertz CT molecular complexity index is 584. The number of methoxy groups -OCH3 is 2. The first kappa shape index (κ1) is 12.2. The summed E-state index contributed by atoms with van der Waals surface area (Å²) in [6, 6.07) is 4.70. The molecular weight excluding hydrogens is 258 g/mol. The van der Waals surface area contributed by atoms with E-state index in [4.69, 9.17) is 9.47 Å². The molecule has 0 aliphatic rings. The van der Waals surface area contributed by atoms with Crippen LogP contribution >= 0.6 is 11.3 Å². The van der Waals surface area contributed by atoms with E-state index in [1.807, 2.05) is 0 Å². The van der Waals surface area contributed by atoms with Gasteiger partial charge in [0.05, 0.1) is 24.7 Å². The predicted octanol–water partition coefficient (Wildman–Crippen LogP) is 2.13. The van der Waals surface area contributed by atoms with Gasteiger partial charge in [0.15, 0.2) is 0 Å². The summed E-state index contributed by atoms with van der Waals surface area (Å²) in [6.45, 7) is 0. The molecular formula is C10H9N3O4S. The molecule has 0 aliphatic heterocycles. The largest absolute Gasteiger partial charge is 0.480 e. The Morgan fingerprint density at radius 3 is 2.61 bits per heavy atom. The van der Waals surface area contributed by atoms with Gasteiger partial charge in [0.1, 0.15) is 0 Å². The van der Waals surface area contributed by atoms with Crippen molar-refractivity contribution in [3.8, 4) is 22.2 Å². The number of ether oxygens (including phenoxy) is 2. The van der Waals surface area contributed by atoms with Crippen molar-refractivity contribution in [2.45, 2.75) is 0 Å². The molecule has 0 amide bonds. The lowest BCUT2D eigenvalue weighted by molar-refractivity contribution is -0.380. The van der Waals surface area contributed by atoms with Gasteiger partial charge in [-0.15, -0.1) is 10.2 Å². The molecule has 0 aromatic carbocycles. The summed E-state index contributed by atoms with van der Waals surface area (Å²) < 4.78 is 10.0. The van der Waals surface area contributed by atoms with E-state index in [9.17, 15) is 10.1 Å². The highest BCUT2D eigenvalue weighted by Crippen LogP contribution is 2.37. The number of nitrogens with zero attached hydrogens (tertiary/aromatic N) is 3. The van der Waals surface area contributed by atoms with Gasteiger partial charge in [-0.05, 0) is 6.07 Å². The zero-order chi connectivity index (χ0) is 13.1. The third-order valence-electron chi connectivity index (χ3n) is 2.18. The molecule has 0 bridgehead atoms. The van der Waals surface area contributed by atoms with Crippen molar-refractivity contribution in [1.29, 1.82) is 0 Å². The summed E-state index contributed by atoms with van der Waals surface area (Å²) in [5, 5.41) is 18.3. The fourth-order valence-electron chi connectivity index (χ4n) is 1.36. The predicted molar refractivity (Wildman–Crippen MR) is 65.1 cm³/mol. The molecule has 2 aromatic heterocycles. The highest BCUT2D eigenvalue weighted by atomic mass is 32.1. The molecule has 0 aliphatic carbocycles. The van der Waals surface area contributed by atoms with Gasteiger partial charge in [-0.2, -0.15) is 0 Å². The van der Waals surface area contributed by atoms with Crippen LogP contribution < -0.4 is 9.47 Å². The van der Waals surface area contributed by atoms with Gasteiger partial charge in [-0.3, -0.25) is 10.1 Å². The SMILES string of the molecule is COc1cc(-c2ccc([N+](=O)[O-])s2)c(OC)nn1. The third kappa shape index (κ3) is 2.23. The molecule has 0 unspecified atom stereocenters. The van der Waals surface area contributed by atoms with Crippen molar-refractivity contribution in [1.82, 2.24) is 10.2 Å². The molecule has 0 N–H and O–H groups in total. The van der Waals surface area contributed by atoms with Crippen molar-refractivity contribution in [2.75, 3.05) is 14.2 Å². The van der Waals surface area contributed by atoms with Crippen LogP contribution in [0.25, 0.3) is 10.4 Å². The van der Waals surface area contributed by atoms with Crippen LogP contribution in [-0.2, 0) is 0 Å². The average molecular weight is 267 g/mol. The number of nitro groups is 1. The van der Waals surface area contributed by atoms with Crippen LogP contribution in [0.1, 0.15) is 0 Å². The van der Waals surface area contributed by atoms with E-state index < -0.39 is 4.92 Å². The number of aromatic nitrogens is 2. The van der Waals surface area contributed by atoms with Crippen LogP contribution in [0, 0.1) is 10.1 Å². The van der Waals surface area contributed by atoms with Crippen LogP contribution in [0.4, 0.5) is 5.00 Å². The molecule has 18 heavy (non-hydrogen) atoms. The van der Waals surface area contributed by atoms with Gasteiger partial charge >= 0.3 is 5.00 Å². The summed E-state index contributed by atoms with van der Waals surface area (Å²) >= 11 is 1.04. The minimum absolute atomic E-state index is 0.0582. The maximum atomic E-state index is 10.7. The minimum atomic E-state index is -0.438. The number of thiophene rings is 1. The quantitative estimate of drug-likeness (QED) is 0.623. The second-order valence-corrected chi connectivity index (χ2v) is 4.27. The zero-order valence-electron chi connectivity index (χ0n) is 9.61. The smallest absolute Gasteiger partial charge is 0.324 e. The topological polar surface area (TPSA) is 87.4 Å². The lowest BCUT2D eigenvalue weighted by Crippen LogP contribution is -1.96. The second-order valence-electron chi connectivity index (χ2n) is 3.20. The van der Waals surface area contributed by atoms with Gasteiger partial charge in [-0.25, -0.2) is 0 Å². The van der Waals surface area contributed by atoms with Gasteiger partial charge in [0, 0.05) is 17.0 Å². The van der Waals surface area contributed by atoms with E-state index >= 15 is 0 Å². The van der Waals surface area contributed by atoms with Crippen molar-refractivity contribution in [3.63, 3.8) is 0 Å². The molecule has 2 rings (SSSR count). The first-order valence-electron chi connectivity index (χ1n) is 4.86. The summed E-state index contributed by atoms with van der Waals surface area (Å²) in [4.78, 5) is 10.9. The van der Waals surface area contributed by atoms with Crippen LogP contribution in [0.2, 0.25) is 0 Å². The molecule has 0 saturated heterocycles. The Kier molecular flexibility index (Phi) is 3.38. The molecule has 0 fully saturated rings. The second kappa shape index (κ2) is 4.96. The van der Waals surface area contributed by atoms with E-state index in [0.717, 1.165) is 11.3 Å². The van der Waals surface area contributed by atoms with Gasteiger partial charge in [0.2, 0.25) is 11.8 Å². The standard InChI is InChI=1S/C10H9N3O4S/c1-16-8-5-6(10(17-2)12-11-8)7-3-4-9(18-7)13(14)15/h3-5H,1-2H3. The maximum Gasteiger partial charge on any atom is 0.324 e. The van der Waals surface area contributed by atoms with Gasteiger partial charge in [-0.1, -0.05) is 11.3 Å². The maximum absolute atomic E-state index is 10.7. The summed E-state index contributed by atoms with van der Waals surface area (Å²) in [5.74, 6) is 0.620. The Labute approximate surface area is 106 Å². The first-order valence-corrected chi connectivity index (χ1v) is 5.67. The van der Waals surface area contributed by atoms with E-state index in [1.54, 1.807) is 12.1 Å². The van der Waals surface area contributed by atoms with Crippen LogP contribution in [0.15, 0.2) is 18.2 Å². The molecule has 0 saturated carbocycles. The summed E-state index contributed by atoms with van der Waals surface area (Å²) in [5.41, 5.74) is 0.613. The molecule has 0 radical (unpaired) electrons. The van der Waals surface area contributed by atoms with Crippen molar-refractivity contribution in [3.05, 3.63) is 28.3 Å². The van der Waals surface area contributed by atoms with Crippen molar-refractivity contribution in [2.24, 2.45) is 0 Å². The lowest BCUT2D eigenvalue weighted by atomic mass is 10.2. The molecule has 0 atom stereocenters. The monoisotopic (exact) mass is 267 g/mol. The Morgan fingerprint density at radius 1 is 1.28 bits per heavy atom. The fourth-order valence-corrected chi connectivity index (χ4v) is 2.19. The highest BCUT2D eigenvalue weighted by molar-refractivity contribution is 7.18. The van der Waals surface area contributed by atoms with E-state index in [2.05, 4.69) is 10.2 Å². The Morgan fingerprint density at radius 2 is 2.06 bits per heavy atom. The van der Waals surface area contributed by atoms with E-state index in [0.29, 0.717) is 22.2 Å². The van der Waals surface area contributed by atoms with E-state index in [-0.39, 0.29) is 5.00 Å². The fraction of sp³-hybridized carbons (Fsp3) is 0.200. The van der Waals surface area contributed by atoms with Gasteiger partial charge < -0.3 is 9.47 Å². The van der Waals surface area contributed by atoms with Crippen LogP contribution in [0.5, 0.6) is 11.8 Å². The average Bonchev–Trinajstić information content (AvgIpc) is 2.87. The number of hydrogen-bond acceptors (Lipinski definition) is 7. The van der Waals surface area contributed by atoms with E-state index in [1.165, 1.54) is 20.3 Å². The molecule has 2 heterocycles. The van der Waals surface area contributed by atoms with Gasteiger partial charge in [0.25, 0.3) is 0 Å². The lowest BCUT2D eigenvalue weighted by Gasteiger charge is -2.05. The molecule has 2 aromatic rings. The Hall–Kier alpha value is -2.22. The highest BCUT2D eigenvalue weighted by Gasteiger charge is 2.16. The third-order valence-corrected chi connectivity index (χ3v) is 3.25. The molecule has 0 spiro atoms. The zero-order valence-corrected chi connectivity index (χ0v) is 10.4. The molecule has 94 valence electrons. The van der Waals surface area contributed by atoms with Crippen molar-refractivity contribution < 1.29 is 14.4 Å². The molecule has 8 heteroatoms. The normalized spacial score (nSPS) is 10.1. The summed E-state index contributed by atoms with van der Waals surface area (Å²) in [7, 11) is 2.93. The first-order chi connectivity index (χ1) is 8.65. The van der Waals surface area contributed by atoms with Crippen LogP contribution in [0.3, 0.4) is 0 Å². The van der Waals surface area contributed by atoms with Crippen LogP contribution in [-0.4, -0.2) is 29.3 Å². The summed E-state index contributed by atoms with van der Waals surface area (Å²) in [6.07, 6.45) is 0. The molecule has 7 nitrogen and oxygen atoms in total. The number of rotatable bonds is 4. The Balaban J connectivity index is 2.50. The minimum Gasteiger partial charge on any atom is -0.480 e. The van der Waals surface area contributed by atoms with Crippen molar-refractivity contribution >= 4 is 16.3 Å².